The van der Waals surface area contributed by atoms with Crippen molar-refractivity contribution in [2.75, 3.05) is 52.9 Å². The van der Waals surface area contributed by atoms with Crippen LogP contribution in [0, 0.1) is 0 Å². The van der Waals surface area contributed by atoms with Crippen LogP contribution in [0.1, 0.15) is 6.92 Å². The van der Waals surface area contributed by atoms with Crippen LogP contribution >= 0.6 is 0 Å². The second kappa shape index (κ2) is 6.35. The van der Waals surface area contributed by atoms with E-state index in [0.717, 1.165) is 39.3 Å². The average molecular weight is 201 g/mol. The van der Waals surface area contributed by atoms with E-state index >= 15 is 0 Å². The van der Waals surface area contributed by atoms with Gasteiger partial charge in [-0.05, 0) is 13.6 Å². The smallest absolute Gasteiger partial charge is 0.0791 e. The fourth-order valence-electron chi connectivity index (χ4n) is 1.70. The molecule has 0 radical (unpaired) electrons. The highest BCUT2D eigenvalue weighted by Crippen LogP contribution is 1.99. The van der Waals surface area contributed by atoms with Gasteiger partial charge in [-0.3, -0.25) is 4.90 Å². The van der Waals surface area contributed by atoms with Crippen molar-refractivity contribution in [3.63, 3.8) is 0 Å². The number of nitrogens with one attached hydrogen (secondary N) is 1. The predicted octanol–water partition coefficient (Wildman–Crippen LogP) is -0.796. The molecule has 0 spiro atoms. The Kier molecular flexibility index (Phi) is 5.40. The number of hydrogen-bond acceptors (Lipinski definition) is 4. The average Bonchev–Trinajstić information content (AvgIpc) is 2.18. The monoisotopic (exact) mass is 201 g/mol. The normalized spacial score (nSPS) is 22.5. The van der Waals surface area contributed by atoms with E-state index in [1.54, 1.807) is 0 Å². The summed E-state index contributed by atoms with van der Waals surface area (Å²) in [7, 11) is 2.15. The summed E-state index contributed by atoms with van der Waals surface area (Å²) in [5, 5.41) is 12.8. The Morgan fingerprint density at radius 2 is 1.93 bits per heavy atom. The standard InChI is InChI=1S/C10H23N3O/c1-3-11-8-10(14)9-13-6-4-12(2)5-7-13/h10-11,14H,3-9H2,1-2H3. The summed E-state index contributed by atoms with van der Waals surface area (Å²) in [5.74, 6) is 0. The van der Waals surface area contributed by atoms with Gasteiger partial charge in [0, 0.05) is 39.3 Å². The van der Waals surface area contributed by atoms with Crippen molar-refractivity contribution in [1.82, 2.24) is 15.1 Å². The van der Waals surface area contributed by atoms with Crippen LogP contribution in [-0.2, 0) is 0 Å². The fourth-order valence-corrected chi connectivity index (χ4v) is 1.70. The molecule has 1 unspecified atom stereocenters. The molecular weight excluding hydrogens is 178 g/mol. The number of hydrogen-bond donors (Lipinski definition) is 2. The van der Waals surface area contributed by atoms with E-state index in [0.29, 0.717) is 6.54 Å². The lowest BCUT2D eigenvalue weighted by molar-refractivity contribution is 0.0805. The van der Waals surface area contributed by atoms with Crippen LogP contribution in [0.15, 0.2) is 0 Å². The molecule has 14 heavy (non-hydrogen) atoms. The summed E-state index contributed by atoms with van der Waals surface area (Å²) in [6.07, 6.45) is -0.224. The number of β-amino-alcohol motifs (C(OH)–C–C–N with tert-alkyl or cyclic N) is 1. The van der Waals surface area contributed by atoms with Gasteiger partial charge in [0.2, 0.25) is 0 Å². The Hall–Kier alpha value is -0.160. The highest BCUT2D eigenvalue weighted by molar-refractivity contribution is 4.72. The zero-order valence-electron chi connectivity index (χ0n) is 9.37. The van der Waals surface area contributed by atoms with Crippen molar-refractivity contribution in [2.24, 2.45) is 0 Å². The molecular formula is C10H23N3O. The summed E-state index contributed by atoms with van der Waals surface area (Å²) < 4.78 is 0. The summed E-state index contributed by atoms with van der Waals surface area (Å²) in [5.41, 5.74) is 0. The van der Waals surface area contributed by atoms with Gasteiger partial charge in [0.25, 0.3) is 0 Å². The molecule has 1 saturated heterocycles. The summed E-state index contributed by atoms with van der Waals surface area (Å²) >= 11 is 0. The molecule has 0 bridgehead atoms. The predicted molar refractivity (Wildman–Crippen MR) is 58.5 cm³/mol. The first kappa shape index (κ1) is 11.9. The van der Waals surface area contributed by atoms with Gasteiger partial charge < -0.3 is 15.3 Å². The quantitative estimate of drug-likeness (QED) is 0.611. The van der Waals surface area contributed by atoms with E-state index < -0.39 is 0 Å². The minimum absolute atomic E-state index is 0.224. The van der Waals surface area contributed by atoms with Gasteiger partial charge in [-0.1, -0.05) is 6.92 Å². The van der Waals surface area contributed by atoms with Crippen molar-refractivity contribution in [3.05, 3.63) is 0 Å². The molecule has 84 valence electrons. The molecule has 0 aromatic carbocycles. The Balaban J connectivity index is 2.10. The van der Waals surface area contributed by atoms with Gasteiger partial charge in [0.1, 0.15) is 0 Å². The maximum Gasteiger partial charge on any atom is 0.0791 e. The third-order valence-corrected chi connectivity index (χ3v) is 2.69. The van der Waals surface area contributed by atoms with Crippen LogP contribution < -0.4 is 5.32 Å². The number of likely N-dealkylation sites (N-methyl/N-ethyl adjacent to an activating group) is 2. The largest absolute Gasteiger partial charge is 0.390 e. The number of rotatable bonds is 5. The molecule has 4 nitrogen and oxygen atoms in total. The third-order valence-electron chi connectivity index (χ3n) is 2.69. The molecule has 4 heteroatoms. The van der Waals surface area contributed by atoms with Crippen molar-refractivity contribution < 1.29 is 5.11 Å². The van der Waals surface area contributed by atoms with Crippen LogP contribution in [-0.4, -0.2) is 73.9 Å². The molecule has 0 aliphatic carbocycles. The SMILES string of the molecule is CCNCC(O)CN1CCN(C)CC1. The zero-order chi connectivity index (χ0) is 10.4. The molecule has 0 amide bonds. The molecule has 1 aliphatic rings. The Bertz CT molecular complexity index is 146. The van der Waals surface area contributed by atoms with Crippen molar-refractivity contribution in [2.45, 2.75) is 13.0 Å². The van der Waals surface area contributed by atoms with Crippen molar-refractivity contribution in [3.8, 4) is 0 Å². The van der Waals surface area contributed by atoms with Crippen LogP contribution in [0.5, 0.6) is 0 Å². The van der Waals surface area contributed by atoms with Gasteiger partial charge in [0.15, 0.2) is 0 Å². The number of aliphatic hydroxyl groups is 1. The minimum atomic E-state index is -0.224. The molecule has 1 rings (SSSR count). The summed E-state index contributed by atoms with van der Waals surface area (Å²) in [4.78, 5) is 4.66. The van der Waals surface area contributed by atoms with E-state index in [9.17, 15) is 5.11 Å². The molecule has 1 fully saturated rings. The first-order chi connectivity index (χ1) is 6.72. The highest BCUT2D eigenvalue weighted by atomic mass is 16.3. The molecule has 1 aliphatic heterocycles. The first-order valence-corrected chi connectivity index (χ1v) is 5.52. The minimum Gasteiger partial charge on any atom is -0.390 e. The highest BCUT2D eigenvalue weighted by Gasteiger charge is 2.16. The number of aliphatic hydroxyl groups excluding tert-OH is 1. The lowest BCUT2D eigenvalue weighted by Crippen LogP contribution is -2.48. The Morgan fingerprint density at radius 3 is 2.50 bits per heavy atom. The van der Waals surface area contributed by atoms with Gasteiger partial charge in [-0.2, -0.15) is 0 Å². The maximum absolute atomic E-state index is 9.68. The molecule has 0 aromatic rings. The number of piperazine rings is 1. The maximum atomic E-state index is 9.68. The zero-order valence-corrected chi connectivity index (χ0v) is 9.37. The Morgan fingerprint density at radius 1 is 1.29 bits per heavy atom. The van der Waals surface area contributed by atoms with E-state index in [1.165, 1.54) is 0 Å². The van der Waals surface area contributed by atoms with Gasteiger partial charge in [-0.25, -0.2) is 0 Å². The summed E-state index contributed by atoms with van der Waals surface area (Å²) in [6, 6.07) is 0. The fraction of sp³-hybridized carbons (Fsp3) is 1.00. The van der Waals surface area contributed by atoms with E-state index in [-0.39, 0.29) is 6.10 Å². The van der Waals surface area contributed by atoms with Crippen LogP contribution in [0.25, 0.3) is 0 Å². The molecule has 2 N–H and O–H groups in total. The van der Waals surface area contributed by atoms with E-state index in [1.807, 2.05) is 0 Å². The van der Waals surface area contributed by atoms with Gasteiger partial charge in [0.05, 0.1) is 6.10 Å². The van der Waals surface area contributed by atoms with Crippen LogP contribution in [0.2, 0.25) is 0 Å². The number of nitrogens with zero attached hydrogens (tertiary/aromatic N) is 2. The third kappa shape index (κ3) is 4.37. The lowest BCUT2D eigenvalue weighted by atomic mass is 10.2. The molecule has 0 aromatic heterocycles. The van der Waals surface area contributed by atoms with Crippen LogP contribution in [0.3, 0.4) is 0 Å². The molecule has 1 heterocycles. The molecule has 1 atom stereocenters. The van der Waals surface area contributed by atoms with Crippen LogP contribution in [0.4, 0.5) is 0 Å². The topological polar surface area (TPSA) is 38.7 Å². The summed E-state index contributed by atoms with van der Waals surface area (Å²) in [6.45, 7) is 8.91. The van der Waals surface area contributed by atoms with E-state index in [4.69, 9.17) is 0 Å². The van der Waals surface area contributed by atoms with E-state index in [2.05, 4.69) is 29.1 Å². The van der Waals surface area contributed by atoms with Gasteiger partial charge >= 0.3 is 0 Å². The van der Waals surface area contributed by atoms with Crippen molar-refractivity contribution >= 4 is 0 Å². The lowest BCUT2D eigenvalue weighted by Gasteiger charge is -2.33. The Labute approximate surface area is 86.9 Å². The molecule has 0 saturated carbocycles. The van der Waals surface area contributed by atoms with Gasteiger partial charge in [-0.15, -0.1) is 0 Å². The first-order valence-electron chi connectivity index (χ1n) is 5.52. The second-order valence-corrected chi connectivity index (χ2v) is 4.07. The van der Waals surface area contributed by atoms with Crippen molar-refractivity contribution in [1.29, 1.82) is 0 Å². The second-order valence-electron chi connectivity index (χ2n) is 4.07.